The molecule has 0 spiro atoms. The van der Waals surface area contributed by atoms with Gasteiger partial charge in [-0.25, -0.2) is 0 Å². The van der Waals surface area contributed by atoms with Crippen LogP contribution in [0, 0.1) is 0 Å². The lowest BCUT2D eigenvalue weighted by Gasteiger charge is -2.11. The second-order valence-electron chi connectivity index (χ2n) is 8.38. The molecule has 0 aliphatic heterocycles. The molecule has 0 bridgehead atoms. The van der Waals surface area contributed by atoms with E-state index in [2.05, 4.69) is 79.1 Å². The summed E-state index contributed by atoms with van der Waals surface area (Å²) in [4.78, 5) is 18.7. The number of aryl methyl sites for hydroxylation is 2. The quantitative estimate of drug-likeness (QED) is 0.302. The van der Waals surface area contributed by atoms with Crippen molar-refractivity contribution in [2.75, 3.05) is 0 Å². The van der Waals surface area contributed by atoms with Crippen molar-refractivity contribution in [2.24, 2.45) is 0 Å². The fourth-order valence-electron chi connectivity index (χ4n) is 4.48. The first-order chi connectivity index (χ1) is 15.9. The van der Waals surface area contributed by atoms with Crippen molar-refractivity contribution >= 4 is 34.7 Å². The van der Waals surface area contributed by atoms with Gasteiger partial charge in [0.1, 0.15) is 0 Å². The standard InChI is InChI=1S/C28H26NO3P/c1-3-19-5-15-25-26-16-6-20(4-2)18-28(26)29(27(25)17-19)23-11-7-21(8-12-23)22-9-13-24(14-10-22)33(30,31)32/h5-18H,3-4H2,1-2H3,(H2,30,31,32). The number of nitrogens with zero attached hydrogens (tertiary/aromatic N) is 1. The third-order valence-electron chi connectivity index (χ3n) is 6.38. The van der Waals surface area contributed by atoms with Gasteiger partial charge in [-0.3, -0.25) is 4.57 Å². The molecule has 1 heterocycles. The third kappa shape index (κ3) is 3.91. The molecule has 1 aromatic heterocycles. The number of rotatable bonds is 5. The van der Waals surface area contributed by atoms with Gasteiger partial charge in [-0.2, -0.15) is 0 Å². The highest BCUT2D eigenvalue weighted by molar-refractivity contribution is 7.60. The molecule has 0 fully saturated rings. The van der Waals surface area contributed by atoms with Crippen molar-refractivity contribution < 1.29 is 14.4 Å². The van der Waals surface area contributed by atoms with Gasteiger partial charge in [-0.1, -0.05) is 62.4 Å². The Kier molecular flexibility index (Phi) is 5.46. The summed E-state index contributed by atoms with van der Waals surface area (Å²) in [6, 6.07) is 28.3. The molecular weight excluding hydrogens is 429 g/mol. The Hall–Kier alpha value is -3.17. The number of benzene rings is 4. The zero-order valence-electron chi connectivity index (χ0n) is 18.7. The van der Waals surface area contributed by atoms with Crippen LogP contribution in [0.1, 0.15) is 25.0 Å². The van der Waals surface area contributed by atoms with Crippen LogP contribution in [-0.2, 0) is 17.4 Å². The van der Waals surface area contributed by atoms with Crippen LogP contribution in [0.4, 0.5) is 0 Å². The molecular formula is C28H26NO3P. The maximum atomic E-state index is 11.5. The van der Waals surface area contributed by atoms with Crippen molar-refractivity contribution in [3.63, 3.8) is 0 Å². The summed E-state index contributed by atoms with van der Waals surface area (Å²) in [5.74, 6) is 0. The van der Waals surface area contributed by atoms with E-state index >= 15 is 0 Å². The summed E-state index contributed by atoms with van der Waals surface area (Å²) in [7, 11) is -4.23. The monoisotopic (exact) mass is 455 g/mol. The molecule has 0 aliphatic carbocycles. The predicted octanol–water partition coefficient (Wildman–Crippen LogP) is 6.38. The molecule has 2 N–H and O–H groups in total. The molecule has 4 nitrogen and oxygen atoms in total. The van der Waals surface area contributed by atoms with Crippen LogP contribution in [-0.4, -0.2) is 14.4 Å². The second kappa shape index (κ2) is 8.31. The minimum absolute atomic E-state index is 0.0339. The lowest BCUT2D eigenvalue weighted by atomic mass is 10.1. The summed E-state index contributed by atoms with van der Waals surface area (Å²) in [5, 5.41) is 2.54. The molecule has 0 saturated carbocycles. The number of hydrogen-bond acceptors (Lipinski definition) is 1. The van der Waals surface area contributed by atoms with Crippen LogP contribution in [0.25, 0.3) is 38.6 Å². The normalized spacial score (nSPS) is 12.0. The van der Waals surface area contributed by atoms with Crippen molar-refractivity contribution in [3.8, 4) is 16.8 Å². The van der Waals surface area contributed by atoms with Crippen LogP contribution in [0.15, 0.2) is 84.9 Å². The first kappa shape index (κ1) is 21.7. The Morgan fingerprint density at radius 2 is 1.12 bits per heavy atom. The molecule has 33 heavy (non-hydrogen) atoms. The van der Waals surface area contributed by atoms with E-state index in [4.69, 9.17) is 0 Å². The molecule has 5 heteroatoms. The van der Waals surface area contributed by atoms with Crippen molar-refractivity contribution in [1.29, 1.82) is 0 Å². The first-order valence-corrected chi connectivity index (χ1v) is 12.8. The molecule has 5 aromatic rings. The number of fused-ring (bicyclic) bond motifs is 3. The van der Waals surface area contributed by atoms with Gasteiger partial charge in [0.15, 0.2) is 0 Å². The van der Waals surface area contributed by atoms with Crippen LogP contribution < -0.4 is 5.30 Å². The van der Waals surface area contributed by atoms with Crippen molar-refractivity contribution in [1.82, 2.24) is 4.57 Å². The molecule has 0 aliphatic rings. The average molecular weight is 455 g/mol. The summed E-state index contributed by atoms with van der Waals surface area (Å²) < 4.78 is 13.8. The van der Waals surface area contributed by atoms with E-state index < -0.39 is 7.60 Å². The molecule has 166 valence electrons. The van der Waals surface area contributed by atoms with Crippen molar-refractivity contribution in [3.05, 3.63) is 96.1 Å². The topological polar surface area (TPSA) is 62.5 Å². The van der Waals surface area contributed by atoms with E-state index in [1.165, 1.54) is 45.1 Å². The van der Waals surface area contributed by atoms with Crippen LogP contribution in [0.2, 0.25) is 0 Å². The zero-order chi connectivity index (χ0) is 23.2. The number of aromatic nitrogens is 1. The highest BCUT2D eigenvalue weighted by Gasteiger charge is 2.17. The fourth-order valence-corrected chi connectivity index (χ4v) is 5.02. The molecule has 0 unspecified atom stereocenters. The van der Waals surface area contributed by atoms with Gasteiger partial charge in [0.2, 0.25) is 0 Å². The van der Waals surface area contributed by atoms with E-state index in [0.717, 1.165) is 29.7 Å². The average Bonchev–Trinajstić information content (AvgIpc) is 3.16. The Labute approximate surface area is 193 Å². The van der Waals surface area contributed by atoms with Gasteiger partial charge in [0.25, 0.3) is 0 Å². The van der Waals surface area contributed by atoms with Gasteiger partial charge in [0.05, 0.1) is 16.3 Å². The second-order valence-corrected chi connectivity index (χ2v) is 9.99. The van der Waals surface area contributed by atoms with E-state index in [0.29, 0.717) is 0 Å². The maximum Gasteiger partial charge on any atom is 0.356 e. The molecule has 0 radical (unpaired) electrons. The molecule has 0 atom stereocenters. The van der Waals surface area contributed by atoms with Crippen LogP contribution in [0.5, 0.6) is 0 Å². The zero-order valence-corrected chi connectivity index (χ0v) is 19.6. The van der Waals surface area contributed by atoms with E-state index in [1.807, 2.05) is 0 Å². The van der Waals surface area contributed by atoms with Crippen LogP contribution in [0.3, 0.4) is 0 Å². The smallest absolute Gasteiger partial charge is 0.321 e. The van der Waals surface area contributed by atoms with Gasteiger partial charge < -0.3 is 14.4 Å². The molecule has 0 amide bonds. The summed E-state index contributed by atoms with van der Waals surface area (Å²) in [6.07, 6.45) is 1.97. The van der Waals surface area contributed by atoms with Gasteiger partial charge >= 0.3 is 7.60 Å². The summed E-state index contributed by atoms with van der Waals surface area (Å²) >= 11 is 0. The summed E-state index contributed by atoms with van der Waals surface area (Å²) in [5.41, 5.74) is 8.04. The maximum absolute atomic E-state index is 11.5. The fraction of sp³-hybridized carbons (Fsp3) is 0.143. The molecule has 5 rings (SSSR count). The first-order valence-electron chi connectivity index (χ1n) is 11.2. The minimum atomic E-state index is -4.23. The highest BCUT2D eigenvalue weighted by atomic mass is 31.2. The number of hydrogen-bond donors (Lipinski definition) is 2. The van der Waals surface area contributed by atoms with Crippen molar-refractivity contribution in [2.45, 2.75) is 26.7 Å². The lowest BCUT2D eigenvalue weighted by Crippen LogP contribution is -2.02. The van der Waals surface area contributed by atoms with E-state index in [9.17, 15) is 14.4 Å². The van der Waals surface area contributed by atoms with Gasteiger partial charge in [-0.05, 0) is 71.5 Å². The Balaban J connectivity index is 1.64. The highest BCUT2D eigenvalue weighted by Crippen LogP contribution is 2.35. The van der Waals surface area contributed by atoms with Gasteiger partial charge in [0, 0.05) is 16.5 Å². The summed E-state index contributed by atoms with van der Waals surface area (Å²) in [6.45, 7) is 4.35. The van der Waals surface area contributed by atoms with E-state index in [-0.39, 0.29) is 5.30 Å². The predicted molar refractivity (Wildman–Crippen MR) is 137 cm³/mol. The van der Waals surface area contributed by atoms with Crippen LogP contribution >= 0.6 is 7.60 Å². The SMILES string of the molecule is CCc1ccc2c3ccc(CC)cc3n(-c3ccc(-c4ccc(P(=O)(O)O)cc4)cc3)c2c1. The van der Waals surface area contributed by atoms with E-state index in [1.54, 1.807) is 12.1 Å². The lowest BCUT2D eigenvalue weighted by molar-refractivity contribution is 0.387. The Morgan fingerprint density at radius 1 is 0.667 bits per heavy atom. The van der Waals surface area contributed by atoms with Gasteiger partial charge in [-0.15, -0.1) is 0 Å². The molecule has 4 aromatic carbocycles. The largest absolute Gasteiger partial charge is 0.356 e. The minimum Gasteiger partial charge on any atom is -0.321 e. The molecule has 0 saturated heterocycles. The Morgan fingerprint density at radius 3 is 1.55 bits per heavy atom. The third-order valence-corrected chi connectivity index (χ3v) is 7.35. The Bertz CT molecular complexity index is 1450.